The highest BCUT2D eigenvalue weighted by Crippen LogP contribution is 2.21. The van der Waals surface area contributed by atoms with Gasteiger partial charge in [0.2, 0.25) is 0 Å². The lowest BCUT2D eigenvalue weighted by atomic mass is 9.95. The van der Waals surface area contributed by atoms with Crippen LogP contribution in [-0.4, -0.2) is 20.2 Å². The monoisotopic (exact) mass is 214 g/mol. The summed E-state index contributed by atoms with van der Waals surface area (Å²) in [5.74, 6) is 0.913. The van der Waals surface area contributed by atoms with Crippen LogP contribution in [0.2, 0.25) is 0 Å². The van der Waals surface area contributed by atoms with Gasteiger partial charge in [0, 0.05) is 4.90 Å². The Hall–Kier alpha value is -0.705. The van der Waals surface area contributed by atoms with Crippen molar-refractivity contribution in [2.45, 2.75) is 18.4 Å². The molecule has 74 valence electrons. The number of ether oxygens (including phenoxy) is 1. The van der Waals surface area contributed by atoms with Crippen molar-refractivity contribution < 1.29 is 13.5 Å². The van der Waals surface area contributed by atoms with Gasteiger partial charge in [0.05, 0.1) is 0 Å². The summed E-state index contributed by atoms with van der Waals surface area (Å²) in [7, 11) is 5.47. The van der Waals surface area contributed by atoms with Crippen LogP contribution in [0.15, 0.2) is 23.1 Å². The van der Waals surface area contributed by atoms with E-state index >= 15 is 0 Å². The second-order valence-corrected chi connectivity index (χ2v) is 3.85. The van der Waals surface area contributed by atoms with Crippen LogP contribution in [-0.2, 0) is 0 Å². The van der Waals surface area contributed by atoms with Gasteiger partial charge in [0.1, 0.15) is 13.6 Å². The fourth-order valence-electron chi connectivity index (χ4n) is 0.969. The maximum atomic E-state index is 11.9. The standard InChI is InChI=1S/C9H9BF2OS/c1-2-14-6-3-4-7(10)8(5-6)13-9(11)12/h3-5,9H,2H2,1H3. The van der Waals surface area contributed by atoms with E-state index in [0.29, 0.717) is 0 Å². The van der Waals surface area contributed by atoms with Crippen molar-refractivity contribution in [3.05, 3.63) is 18.2 Å². The molecule has 0 bridgehead atoms. The van der Waals surface area contributed by atoms with E-state index in [0.717, 1.165) is 10.6 Å². The van der Waals surface area contributed by atoms with Crippen LogP contribution in [0.25, 0.3) is 0 Å². The molecule has 1 aromatic carbocycles. The maximum absolute atomic E-state index is 11.9. The molecule has 0 fully saturated rings. The smallest absolute Gasteiger partial charge is 0.387 e. The molecule has 0 saturated heterocycles. The largest absolute Gasteiger partial charge is 0.435 e. The first kappa shape index (κ1) is 11.4. The van der Waals surface area contributed by atoms with Crippen LogP contribution < -0.4 is 10.2 Å². The first-order chi connectivity index (χ1) is 6.63. The van der Waals surface area contributed by atoms with Gasteiger partial charge in [-0.2, -0.15) is 8.78 Å². The average Bonchev–Trinajstić information content (AvgIpc) is 2.10. The molecular weight excluding hydrogens is 205 g/mol. The molecule has 2 radical (unpaired) electrons. The van der Waals surface area contributed by atoms with Gasteiger partial charge < -0.3 is 4.74 Å². The van der Waals surface area contributed by atoms with Gasteiger partial charge in [-0.05, 0) is 17.9 Å². The Morgan fingerprint density at radius 3 is 2.79 bits per heavy atom. The minimum atomic E-state index is -2.83. The fraction of sp³-hybridized carbons (Fsp3) is 0.333. The molecule has 0 aliphatic heterocycles. The van der Waals surface area contributed by atoms with Crippen LogP contribution in [0.1, 0.15) is 6.92 Å². The summed E-state index contributed by atoms with van der Waals surface area (Å²) in [6, 6.07) is 4.87. The van der Waals surface area contributed by atoms with Crippen molar-refractivity contribution in [3.8, 4) is 5.75 Å². The van der Waals surface area contributed by atoms with Crippen molar-refractivity contribution in [2.75, 3.05) is 5.75 Å². The quantitative estimate of drug-likeness (QED) is 0.561. The Kier molecular flexibility index (Phi) is 4.26. The summed E-state index contributed by atoms with van der Waals surface area (Å²) in [5.41, 5.74) is 0.228. The second-order valence-electron chi connectivity index (χ2n) is 2.51. The lowest BCUT2D eigenvalue weighted by Gasteiger charge is -2.09. The van der Waals surface area contributed by atoms with Crippen LogP contribution in [0.4, 0.5) is 8.78 Å². The number of hydrogen-bond acceptors (Lipinski definition) is 2. The van der Waals surface area contributed by atoms with Crippen LogP contribution >= 0.6 is 11.8 Å². The molecule has 1 nitrogen and oxygen atoms in total. The Morgan fingerprint density at radius 1 is 1.50 bits per heavy atom. The second kappa shape index (κ2) is 5.24. The summed E-state index contributed by atoms with van der Waals surface area (Å²) >= 11 is 1.54. The molecule has 0 atom stereocenters. The molecule has 0 spiro atoms. The summed E-state index contributed by atoms with van der Waals surface area (Å²) in [4.78, 5) is 0.873. The van der Waals surface area contributed by atoms with Crippen LogP contribution in [0, 0.1) is 0 Å². The molecule has 5 heteroatoms. The zero-order valence-electron chi connectivity index (χ0n) is 7.67. The lowest BCUT2D eigenvalue weighted by molar-refractivity contribution is -0.0492. The SMILES string of the molecule is [B]c1ccc(SCC)cc1OC(F)F. The van der Waals surface area contributed by atoms with E-state index in [-0.39, 0.29) is 11.2 Å². The van der Waals surface area contributed by atoms with Crippen molar-refractivity contribution in [3.63, 3.8) is 0 Å². The van der Waals surface area contributed by atoms with E-state index in [1.54, 1.807) is 23.9 Å². The van der Waals surface area contributed by atoms with Crippen molar-refractivity contribution >= 4 is 25.1 Å². The third-order valence-electron chi connectivity index (χ3n) is 1.51. The highest BCUT2D eigenvalue weighted by Gasteiger charge is 2.07. The minimum Gasteiger partial charge on any atom is -0.435 e. The third-order valence-corrected chi connectivity index (χ3v) is 2.39. The Morgan fingerprint density at radius 2 is 2.21 bits per heavy atom. The maximum Gasteiger partial charge on any atom is 0.387 e. The van der Waals surface area contributed by atoms with Crippen LogP contribution in [0.5, 0.6) is 5.75 Å². The predicted octanol–water partition coefficient (Wildman–Crippen LogP) is 2.19. The molecule has 0 unspecified atom stereocenters. The topological polar surface area (TPSA) is 9.23 Å². The first-order valence-electron chi connectivity index (χ1n) is 4.10. The van der Waals surface area contributed by atoms with Gasteiger partial charge in [0.15, 0.2) is 0 Å². The van der Waals surface area contributed by atoms with Crippen LogP contribution in [0.3, 0.4) is 0 Å². The van der Waals surface area contributed by atoms with E-state index in [1.165, 1.54) is 6.07 Å². The molecule has 0 heterocycles. The number of halogens is 2. The lowest BCUT2D eigenvalue weighted by Crippen LogP contribution is -2.12. The summed E-state index contributed by atoms with van der Waals surface area (Å²) in [5, 5.41) is 0. The van der Waals surface area contributed by atoms with Crippen molar-refractivity contribution in [2.24, 2.45) is 0 Å². The molecule has 1 aromatic rings. The molecule has 14 heavy (non-hydrogen) atoms. The van der Waals surface area contributed by atoms with Gasteiger partial charge in [0.25, 0.3) is 0 Å². The number of thioether (sulfide) groups is 1. The highest BCUT2D eigenvalue weighted by atomic mass is 32.2. The van der Waals surface area contributed by atoms with Gasteiger partial charge in [-0.15, -0.1) is 11.8 Å². The van der Waals surface area contributed by atoms with E-state index in [4.69, 9.17) is 7.85 Å². The van der Waals surface area contributed by atoms with Gasteiger partial charge in [-0.25, -0.2) is 0 Å². The molecule has 0 N–H and O–H groups in total. The molecule has 0 amide bonds. The normalized spacial score (nSPS) is 10.6. The molecule has 0 saturated carbocycles. The van der Waals surface area contributed by atoms with E-state index < -0.39 is 6.61 Å². The Bertz CT molecular complexity index is 307. The fourth-order valence-corrected chi connectivity index (χ4v) is 1.66. The summed E-state index contributed by atoms with van der Waals surface area (Å²) in [6.45, 7) is -0.853. The average molecular weight is 214 g/mol. The van der Waals surface area contributed by atoms with E-state index in [1.807, 2.05) is 6.92 Å². The summed E-state index contributed by atoms with van der Waals surface area (Å²) in [6.07, 6.45) is 0. The number of hydrogen-bond donors (Lipinski definition) is 0. The number of rotatable bonds is 4. The first-order valence-corrected chi connectivity index (χ1v) is 5.09. The molecule has 0 aromatic heterocycles. The Balaban J connectivity index is 2.84. The van der Waals surface area contributed by atoms with Gasteiger partial charge in [-0.3, -0.25) is 0 Å². The molecule has 0 aliphatic rings. The zero-order valence-corrected chi connectivity index (χ0v) is 8.48. The van der Waals surface area contributed by atoms with E-state index in [2.05, 4.69) is 4.74 Å². The molecule has 0 aliphatic carbocycles. The summed E-state index contributed by atoms with van der Waals surface area (Å²) < 4.78 is 28.1. The van der Waals surface area contributed by atoms with Crippen molar-refractivity contribution in [1.82, 2.24) is 0 Å². The van der Waals surface area contributed by atoms with Gasteiger partial charge >= 0.3 is 6.61 Å². The van der Waals surface area contributed by atoms with E-state index in [9.17, 15) is 8.78 Å². The number of alkyl halides is 2. The number of benzene rings is 1. The predicted molar refractivity (Wildman–Crippen MR) is 54.9 cm³/mol. The third kappa shape index (κ3) is 3.22. The molecular formula is C9H9BF2OS. The highest BCUT2D eigenvalue weighted by molar-refractivity contribution is 7.99. The van der Waals surface area contributed by atoms with Gasteiger partial charge in [-0.1, -0.05) is 18.5 Å². The minimum absolute atomic E-state index is 0.0402. The zero-order chi connectivity index (χ0) is 10.6. The Labute approximate surface area is 87.2 Å². The van der Waals surface area contributed by atoms with Crippen molar-refractivity contribution in [1.29, 1.82) is 0 Å². The molecule has 1 rings (SSSR count).